The Morgan fingerprint density at radius 2 is 1.48 bits per heavy atom. The zero-order valence-corrected chi connectivity index (χ0v) is 14.2. The molecule has 0 aliphatic rings. The van der Waals surface area contributed by atoms with Gasteiger partial charge in [-0.15, -0.1) is 0 Å². The molecule has 6 nitrogen and oxygen atoms in total. The van der Waals surface area contributed by atoms with E-state index in [0.717, 1.165) is 6.26 Å². The summed E-state index contributed by atoms with van der Waals surface area (Å²) in [7, 11) is -6.96. The third-order valence-corrected chi connectivity index (χ3v) is 4.94. The monoisotopic (exact) mass is 336 g/mol. The standard InChI is InChI=1S/C13H21O6PS/c1-4-10-17-20(14,18-11-5-2)19-12-6-8-13(9-7-12)21(3,15)16/h6-9H,4-5,10-11H2,1-3H3. The molecule has 0 saturated heterocycles. The zero-order chi connectivity index (χ0) is 15.9. The quantitative estimate of drug-likeness (QED) is 0.643. The van der Waals surface area contributed by atoms with E-state index in [4.69, 9.17) is 13.6 Å². The van der Waals surface area contributed by atoms with Gasteiger partial charge in [-0.05, 0) is 37.1 Å². The van der Waals surface area contributed by atoms with Crippen molar-refractivity contribution in [1.82, 2.24) is 0 Å². The van der Waals surface area contributed by atoms with E-state index < -0.39 is 17.7 Å². The fraction of sp³-hybridized carbons (Fsp3) is 0.538. The number of hydrogen-bond acceptors (Lipinski definition) is 6. The molecule has 0 N–H and O–H groups in total. The second kappa shape index (κ2) is 7.94. The van der Waals surface area contributed by atoms with Crippen molar-refractivity contribution in [2.45, 2.75) is 31.6 Å². The molecule has 0 aliphatic carbocycles. The lowest BCUT2D eigenvalue weighted by Crippen LogP contribution is -2.04. The molecule has 1 aromatic carbocycles. The number of hydrogen-bond donors (Lipinski definition) is 0. The minimum Gasteiger partial charge on any atom is -0.404 e. The summed E-state index contributed by atoms with van der Waals surface area (Å²) in [5, 5.41) is 0. The molecule has 0 unspecified atom stereocenters. The first-order valence-corrected chi connectivity index (χ1v) is 10.0. The van der Waals surface area contributed by atoms with Crippen molar-refractivity contribution in [3.8, 4) is 5.75 Å². The van der Waals surface area contributed by atoms with Gasteiger partial charge in [0.15, 0.2) is 9.84 Å². The van der Waals surface area contributed by atoms with Crippen LogP contribution in [-0.4, -0.2) is 27.9 Å². The Hall–Kier alpha value is -0.880. The maximum Gasteiger partial charge on any atom is 0.530 e. The van der Waals surface area contributed by atoms with E-state index >= 15 is 0 Å². The normalized spacial score (nSPS) is 12.3. The van der Waals surface area contributed by atoms with Crippen LogP contribution in [0.2, 0.25) is 0 Å². The van der Waals surface area contributed by atoms with E-state index in [1.54, 1.807) is 0 Å². The van der Waals surface area contributed by atoms with Gasteiger partial charge in [-0.3, -0.25) is 9.05 Å². The van der Waals surface area contributed by atoms with Gasteiger partial charge in [0.1, 0.15) is 5.75 Å². The largest absolute Gasteiger partial charge is 0.530 e. The lowest BCUT2D eigenvalue weighted by atomic mass is 10.3. The van der Waals surface area contributed by atoms with E-state index in [2.05, 4.69) is 0 Å². The van der Waals surface area contributed by atoms with Gasteiger partial charge in [-0.2, -0.15) is 0 Å². The molecule has 0 aliphatic heterocycles. The highest BCUT2D eigenvalue weighted by Crippen LogP contribution is 2.49. The maximum absolute atomic E-state index is 12.4. The van der Waals surface area contributed by atoms with Crippen LogP contribution in [0.4, 0.5) is 0 Å². The van der Waals surface area contributed by atoms with Gasteiger partial charge in [0.05, 0.1) is 18.1 Å². The molecule has 0 heterocycles. The molecule has 21 heavy (non-hydrogen) atoms. The van der Waals surface area contributed by atoms with Crippen molar-refractivity contribution in [3.05, 3.63) is 24.3 Å². The molecule has 0 atom stereocenters. The van der Waals surface area contributed by atoms with Gasteiger partial charge in [-0.25, -0.2) is 13.0 Å². The number of phosphoric ester groups is 1. The first-order chi connectivity index (χ1) is 9.80. The summed E-state index contributed by atoms with van der Waals surface area (Å²) in [6, 6.07) is 5.62. The molecular formula is C13H21O6PS. The van der Waals surface area contributed by atoms with Crippen LogP contribution in [0.5, 0.6) is 5.75 Å². The molecular weight excluding hydrogens is 315 g/mol. The summed E-state index contributed by atoms with van der Waals surface area (Å²) in [6.45, 7) is 4.26. The Morgan fingerprint density at radius 1 is 1.00 bits per heavy atom. The van der Waals surface area contributed by atoms with Gasteiger partial charge in [0.25, 0.3) is 0 Å². The topological polar surface area (TPSA) is 78.9 Å². The van der Waals surface area contributed by atoms with Crippen LogP contribution in [0.25, 0.3) is 0 Å². The van der Waals surface area contributed by atoms with Crippen molar-refractivity contribution in [2.24, 2.45) is 0 Å². The SMILES string of the molecule is CCCOP(=O)(OCCC)Oc1ccc(S(C)(=O)=O)cc1. The molecule has 120 valence electrons. The third kappa shape index (κ3) is 6.18. The average Bonchev–Trinajstić information content (AvgIpc) is 2.43. The van der Waals surface area contributed by atoms with E-state index in [1.165, 1.54) is 24.3 Å². The Bertz CT molecular complexity index is 569. The molecule has 0 spiro atoms. The molecule has 0 amide bonds. The van der Waals surface area contributed by atoms with Gasteiger partial charge in [0.2, 0.25) is 0 Å². The van der Waals surface area contributed by atoms with Crippen molar-refractivity contribution >= 4 is 17.7 Å². The van der Waals surface area contributed by atoms with Gasteiger partial charge in [-0.1, -0.05) is 13.8 Å². The molecule has 1 rings (SSSR count). The summed E-state index contributed by atoms with van der Waals surface area (Å²) in [6.07, 6.45) is 2.47. The van der Waals surface area contributed by atoms with Crippen LogP contribution in [-0.2, 0) is 23.4 Å². The summed E-state index contributed by atoms with van der Waals surface area (Å²) >= 11 is 0. The fourth-order valence-electron chi connectivity index (χ4n) is 1.37. The Kier molecular flexibility index (Phi) is 6.87. The van der Waals surface area contributed by atoms with Crippen molar-refractivity contribution in [2.75, 3.05) is 19.5 Å². The smallest absolute Gasteiger partial charge is 0.404 e. The van der Waals surface area contributed by atoms with Crippen LogP contribution in [0.3, 0.4) is 0 Å². The Balaban J connectivity index is 2.85. The summed E-state index contributed by atoms with van der Waals surface area (Å²) in [5.74, 6) is 0.234. The second-order valence-corrected chi connectivity index (χ2v) is 8.06. The van der Waals surface area contributed by atoms with Crippen molar-refractivity contribution < 1.29 is 26.6 Å². The first-order valence-electron chi connectivity index (χ1n) is 6.69. The zero-order valence-electron chi connectivity index (χ0n) is 12.4. The summed E-state index contributed by atoms with van der Waals surface area (Å²) in [4.78, 5) is 0.161. The molecule has 0 bridgehead atoms. The predicted octanol–water partition coefficient (Wildman–Crippen LogP) is 3.43. The number of rotatable bonds is 9. The number of sulfone groups is 1. The number of phosphoric acid groups is 1. The molecule has 8 heteroatoms. The van der Waals surface area contributed by atoms with E-state index in [-0.39, 0.29) is 23.9 Å². The minimum atomic E-state index is -3.68. The fourth-order valence-corrected chi connectivity index (χ4v) is 3.38. The predicted molar refractivity (Wildman–Crippen MR) is 80.3 cm³/mol. The average molecular weight is 336 g/mol. The van der Waals surface area contributed by atoms with Crippen LogP contribution < -0.4 is 4.52 Å². The first kappa shape index (κ1) is 18.2. The molecule has 0 aromatic heterocycles. The van der Waals surface area contributed by atoms with E-state index in [9.17, 15) is 13.0 Å². The highest BCUT2D eigenvalue weighted by atomic mass is 32.2. The maximum atomic E-state index is 12.4. The molecule has 0 fully saturated rings. The molecule has 0 radical (unpaired) electrons. The van der Waals surface area contributed by atoms with Gasteiger partial charge >= 0.3 is 7.82 Å². The van der Waals surface area contributed by atoms with Crippen LogP contribution in [0.1, 0.15) is 26.7 Å². The third-order valence-electron chi connectivity index (χ3n) is 2.38. The van der Waals surface area contributed by atoms with Crippen molar-refractivity contribution in [3.63, 3.8) is 0 Å². The van der Waals surface area contributed by atoms with Crippen LogP contribution >= 0.6 is 7.82 Å². The minimum absolute atomic E-state index is 0.161. The highest BCUT2D eigenvalue weighted by Gasteiger charge is 2.28. The van der Waals surface area contributed by atoms with Crippen molar-refractivity contribution in [1.29, 1.82) is 0 Å². The highest BCUT2D eigenvalue weighted by molar-refractivity contribution is 7.90. The Labute approximate surface area is 126 Å². The van der Waals surface area contributed by atoms with Gasteiger partial charge in [0, 0.05) is 6.26 Å². The van der Waals surface area contributed by atoms with Crippen LogP contribution in [0, 0.1) is 0 Å². The number of benzene rings is 1. The summed E-state index contributed by atoms with van der Waals surface area (Å²) in [5.41, 5.74) is 0. The van der Waals surface area contributed by atoms with E-state index in [1.807, 2.05) is 13.8 Å². The lowest BCUT2D eigenvalue weighted by molar-refractivity contribution is 0.155. The molecule has 1 aromatic rings. The summed E-state index contributed by atoms with van der Waals surface area (Å²) < 4.78 is 50.8. The second-order valence-electron chi connectivity index (χ2n) is 4.45. The Morgan fingerprint density at radius 3 is 1.86 bits per heavy atom. The molecule has 0 saturated carbocycles. The lowest BCUT2D eigenvalue weighted by Gasteiger charge is -2.18. The van der Waals surface area contributed by atoms with E-state index in [0.29, 0.717) is 12.8 Å². The van der Waals surface area contributed by atoms with Gasteiger partial charge < -0.3 is 4.52 Å². The van der Waals surface area contributed by atoms with Crippen LogP contribution in [0.15, 0.2) is 29.2 Å².